The third-order valence-electron chi connectivity index (χ3n) is 4.28. The molecule has 0 saturated heterocycles. The Morgan fingerprint density at radius 1 is 1.20 bits per heavy atom. The first kappa shape index (κ1) is 19.5. The summed E-state index contributed by atoms with van der Waals surface area (Å²) in [4.78, 5) is 29.7. The average molecular weight is 367 g/mol. The van der Waals surface area contributed by atoms with Gasteiger partial charge in [-0.15, -0.1) is 0 Å². The number of halogens is 1. The number of nitrogens with zero attached hydrogens (tertiary/aromatic N) is 3. The Morgan fingerprint density at radius 3 is 2.60 bits per heavy atom. The largest absolute Gasteiger partial charge is 0.343 e. The van der Waals surface area contributed by atoms with Gasteiger partial charge in [-0.1, -0.05) is 51.1 Å². The zero-order chi connectivity index (χ0) is 18.4. The summed E-state index contributed by atoms with van der Waals surface area (Å²) in [5.74, 6) is 0. The van der Waals surface area contributed by atoms with Gasteiger partial charge in [0.25, 0.3) is 5.56 Å². The highest BCUT2D eigenvalue weighted by Gasteiger charge is 2.21. The minimum Gasteiger partial charge on any atom is -0.336 e. The van der Waals surface area contributed by atoms with E-state index in [0.29, 0.717) is 29.3 Å². The van der Waals surface area contributed by atoms with E-state index in [-0.39, 0.29) is 5.56 Å². The fourth-order valence-corrected chi connectivity index (χ4v) is 3.16. The molecule has 0 unspecified atom stereocenters. The molecule has 0 bridgehead atoms. The molecule has 0 aliphatic rings. The van der Waals surface area contributed by atoms with Gasteiger partial charge in [0.05, 0.1) is 5.39 Å². The van der Waals surface area contributed by atoms with Crippen LogP contribution in [0.1, 0.15) is 57.9 Å². The number of carbonyl (C=O) groups excluding carboxylic acids is 1. The number of amides is 1. The van der Waals surface area contributed by atoms with Crippen LogP contribution in [0.15, 0.2) is 10.9 Å². The Hall–Kier alpha value is -1.82. The lowest BCUT2D eigenvalue weighted by molar-refractivity contribution is 0.234. The molecule has 2 rings (SSSR count). The highest BCUT2D eigenvalue weighted by Crippen LogP contribution is 2.18. The predicted octanol–water partition coefficient (Wildman–Crippen LogP) is 4.10. The number of unbranched alkanes of at least 4 members (excludes halogenated alkanes) is 4. The molecule has 0 fully saturated rings. The van der Waals surface area contributed by atoms with E-state index < -0.39 is 6.03 Å². The molecule has 7 heteroatoms. The summed E-state index contributed by atoms with van der Waals surface area (Å²) in [6, 6.07) is 1.26. The SMILES string of the molecule is CCCCCCNC(=O)n1c(=O)c2c(C)cc(Cl)nc2n1CCCC. The summed E-state index contributed by atoms with van der Waals surface area (Å²) in [6.45, 7) is 7.13. The van der Waals surface area contributed by atoms with Crippen LogP contribution in [0.3, 0.4) is 0 Å². The zero-order valence-electron chi connectivity index (χ0n) is 15.3. The van der Waals surface area contributed by atoms with Gasteiger partial charge in [0.2, 0.25) is 0 Å². The van der Waals surface area contributed by atoms with Gasteiger partial charge >= 0.3 is 6.03 Å². The van der Waals surface area contributed by atoms with Gasteiger partial charge in [-0.25, -0.2) is 9.78 Å². The van der Waals surface area contributed by atoms with Gasteiger partial charge in [0.15, 0.2) is 5.65 Å². The molecule has 0 spiro atoms. The van der Waals surface area contributed by atoms with Crippen LogP contribution in [0, 0.1) is 6.92 Å². The van der Waals surface area contributed by atoms with Crippen LogP contribution in [0.5, 0.6) is 0 Å². The Labute approximate surface area is 153 Å². The van der Waals surface area contributed by atoms with Crippen LogP contribution in [0.2, 0.25) is 5.15 Å². The molecule has 0 aliphatic heterocycles. The van der Waals surface area contributed by atoms with Gasteiger partial charge in [-0.3, -0.25) is 9.48 Å². The lowest BCUT2D eigenvalue weighted by Gasteiger charge is -2.11. The number of nitrogens with one attached hydrogen (secondary N) is 1. The quantitative estimate of drug-likeness (QED) is 0.565. The molecule has 6 nitrogen and oxygen atoms in total. The molecular formula is C18H27ClN4O2. The maximum absolute atomic E-state index is 12.8. The fraction of sp³-hybridized carbons (Fsp3) is 0.611. The minimum atomic E-state index is -0.397. The van der Waals surface area contributed by atoms with Crippen LogP contribution in [0.4, 0.5) is 4.79 Å². The van der Waals surface area contributed by atoms with Crippen LogP contribution in [0.25, 0.3) is 11.0 Å². The molecule has 0 aliphatic carbocycles. The smallest absolute Gasteiger partial charge is 0.336 e. The first-order valence-electron chi connectivity index (χ1n) is 9.08. The van der Waals surface area contributed by atoms with Crippen molar-refractivity contribution in [3.63, 3.8) is 0 Å². The zero-order valence-corrected chi connectivity index (χ0v) is 16.0. The molecule has 1 amide bonds. The highest BCUT2D eigenvalue weighted by molar-refractivity contribution is 6.29. The van der Waals surface area contributed by atoms with Gasteiger partial charge < -0.3 is 5.32 Å². The van der Waals surface area contributed by atoms with Crippen molar-refractivity contribution in [2.24, 2.45) is 0 Å². The monoisotopic (exact) mass is 366 g/mol. The van der Waals surface area contributed by atoms with Crippen molar-refractivity contribution >= 4 is 28.7 Å². The standard InChI is InChI=1S/C18H27ClN4O2/c1-4-6-8-9-10-20-18(25)23-17(24)15-13(3)12-14(19)21-16(15)22(23)11-7-5-2/h12H,4-11H2,1-3H3,(H,20,25). The van der Waals surface area contributed by atoms with Crippen molar-refractivity contribution in [3.8, 4) is 0 Å². The first-order chi connectivity index (χ1) is 12.0. The normalized spacial score (nSPS) is 11.2. The summed E-state index contributed by atoms with van der Waals surface area (Å²) in [7, 11) is 0. The van der Waals surface area contributed by atoms with E-state index in [1.54, 1.807) is 10.7 Å². The van der Waals surface area contributed by atoms with Crippen LogP contribution >= 0.6 is 11.6 Å². The van der Waals surface area contributed by atoms with E-state index in [1.165, 1.54) is 4.68 Å². The van der Waals surface area contributed by atoms with Gasteiger partial charge in [-0.2, -0.15) is 4.68 Å². The molecule has 2 heterocycles. The van der Waals surface area contributed by atoms with E-state index in [9.17, 15) is 9.59 Å². The Balaban J connectivity index is 2.36. The number of hydrogen-bond acceptors (Lipinski definition) is 3. The van der Waals surface area contributed by atoms with E-state index in [0.717, 1.165) is 44.1 Å². The van der Waals surface area contributed by atoms with E-state index in [1.807, 2.05) is 6.92 Å². The Bertz CT molecular complexity index is 794. The molecule has 0 saturated carbocycles. The average Bonchev–Trinajstić information content (AvgIpc) is 2.84. The molecule has 0 radical (unpaired) electrons. The van der Waals surface area contributed by atoms with E-state index >= 15 is 0 Å². The molecule has 2 aromatic heterocycles. The summed E-state index contributed by atoms with van der Waals surface area (Å²) in [5.41, 5.74) is 0.878. The molecule has 138 valence electrons. The molecule has 25 heavy (non-hydrogen) atoms. The van der Waals surface area contributed by atoms with Crippen molar-refractivity contribution in [1.29, 1.82) is 0 Å². The molecule has 0 atom stereocenters. The topological polar surface area (TPSA) is 68.9 Å². The number of pyridine rings is 1. The minimum absolute atomic E-state index is 0.326. The van der Waals surface area contributed by atoms with E-state index in [2.05, 4.69) is 24.1 Å². The lowest BCUT2D eigenvalue weighted by Crippen LogP contribution is -2.39. The molecule has 1 N–H and O–H groups in total. The Kier molecular flexibility index (Phi) is 7.05. The van der Waals surface area contributed by atoms with Crippen molar-refractivity contribution in [2.45, 2.75) is 65.8 Å². The second kappa shape index (κ2) is 9.04. The number of aryl methyl sites for hydroxylation is 2. The third kappa shape index (κ3) is 4.42. The Morgan fingerprint density at radius 2 is 1.92 bits per heavy atom. The first-order valence-corrected chi connectivity index (χ1v) is 9.45. The summed E-state index contributed by atoms with van der Waals surface area (Å²) >= 11 is 6.07. The maximum atomic E-state index is 12.8. The second-order valence-electron chi connectivity index (χ2n) is 6.35. The van der Waals surface area contributed by atoms with Gasteiger partial charge in [0.1, 0.15) is 5.15 Å². The van der Waals surface area contributed by atoms with Crippen molar-refractivity contribution in [3.05, 3.63) is 27.1 Å². The number of aromatic nitrogens is 3. The maximum Gasteiger partial charge on any atom is 0.343 e. The summed E-state index contributed by atoms with van der Waals surface area (Å²) in [6.07, 6.45) is 6.07. The van der Waals surface area contributed by atoms with Gasteiger partial charge in [-0.05, 0) is 31.4 Å². The van der Waals surface area contributed by atoms with Crippen molar-refractivity contribution in [2.75, 3.05) is 6.54 Å². The van der Waals surface area contributed by atoms with Crippen molar-refractivity contribution < 1.29 is 4.79 Å². The second-order valence-corrected chi connectivity index (χ2v) is 6.73. The highest BCUT2D eigenvalue weighted by atomic mass is 35.5. The molecule has 2 aromatic rings. The van der Waals surface area contributed by atoms with Crippen molar-refractivity contribution in [1.82, 2.24) is 19.7 Å². The van der Waals surface area contributed by atoms with Crippen LogP contribution < -0.4 is 10.9 Å². The van der Waals surface area contributed by atoms with E-state index in [4.69, 9.17) is 11.6 Å². The molecule has 0 aromatic carbocycles. The third-order valence-corrected chi connectivity index (χ3v) is 4.47. The number of carbonyl (C=O) groups is 1. The lowest BCUT2D eigenvalue weighted by atomic mass is 10.2. The van der Waals surface area contributed by atoms with Gasteiger partial charge in [0, 0.05) is 13.1 Å². The summed E-state index contributed by atoms with van der Waals surface area (Å²) in [5, 5.41) is 3.64. The number of hydrogen-bond donors (Lipinski definition) is 1. The van der Waals surface area contributed by atoms with Crippen LogP contribution in [-0.2, 0) is 6.54 Å². The number of fused-ring (bicyclic) bond motifs is 1. The number of rotatable bonds is 8. The molecular weight excluding hydrogens is 340 g/mol. The van der Waals surface area contributed by atoms with Crippen LogP contribution in [-0.4, -0.2) is 26.9 Å². The fourth-order valence-electron chi connectivity index (χ4n) is 2.92. The predicted molar refractivity (Wildman–Crippen MR) is 102 cm³/mol. The summed E-state index contributed by atoms with van der Waals surface area (Å²) < 4.78 is 2.83.